The number of nitrogens with two attached hydrogens (primary N) is 1. The van der Waals surface area contributed by atoms with Gasteiger partial charge in [0.25, 0.3) is 0 Å². The number of ether oxygens (including phenoxy) is 1. The van der Waals surface area contributed by atoms with Crippen LogP contribution in [0.2, 0.25) is 0 Å². The first-order valence-corrected chi connectivity index (χ1v) is 7.64. The third-order valence-corrected chi connectivity index (χ3v) is 4.07. The van der Waals surface area contributed by atoms with Gasteiger partial charge in [0.2, 0.25) is 10.0 Å². The highest BCUT2D eigenvalue weighted by atomic mass is 32.2. The molecule has 0 unspecified atom stereocenters. The van der Waals surface area contributed by atoms with Crippen LogP contribution in [0, 0.1) is 0 Å². The molecule has 0 saturated carbocycles. The molecular weight excluding hydrogens is 296 g/mol. The SMILES string of the molecule is COc1ccc(S(=O)(=O)NCCNC(=O)N(C)C)cc1N. The van der Waals surface area contributed by atoms with Crippen LogP contribution in [0.15, 0.2) is 23.1 Å². The molecule has 0 heterocycles. The topological polar surface area (TPSA) is 114 Å². The van der Waals surface area contributed by atoms with Crippen LogP contribution in [0.25, 0.3) is 0 Å². The van der Waals surface area contributed by atoms with Crippen LogP contribution in [0.4, 0.5) is 10.5 Å². The summed E-state index contributed by atoms with van der Waals surface area (Å²) in [5.74, 6) is 0.409. The number of nitrogens with zero attached hydrogens (tertiary/aromatic N) is 1. The second kappa shape index (κ2) is 7.14. The van der Waals surface area contributed by atoms with Gasteiger partial charge in [-0.15, -0.1) is 0 Å². The fourth-order valence-corrected chi connectivity index (χ4v) is 2.54. The molecule has 21 heavy (non-hydrogen) atoms. The van der Waals surface area contributed by atoms with E-state index in [1.165, 1.54) is 30.2 Å². The summed E-state index contributed by atoms with van der Waals surface area (Å²) >= 11 is 0. The predicted molar refractivity (Wildman–Crippen MR) is 79.7 cm³/mol. The van der Waals surface area contributed by atoms with Crippen molar-refractivity contribution in [3.05, 3.63) is 18.2 Å². The van der Waals surface area contributed by atoms with Crippen molar-refractivity contribution in [2.24, 2.45) is 0 Å². The largest absolute Gasteiger partial charge is 0.495 e. The molecule has 0 saturated heterocycles. The first kappa shape index (κ1) is 17.1. The van der Waals surface area contributed by atoms with Gasteiger partial charge in [0.15, 0.2) is 0 Å². The number of urea groups is 1. The summed E-state index contributed by atoms with van der Waals surface area (Å²) in [4.78, 5) is 12.7. The van der Waals surface area contributed by atoms with E-state index in [2.05, 4.69) is 10.0 Å². The third-order valence-electron chi connectivity index (χ3n) is 2.61. The van der Waals surface area contributed by atoms with E-state index in [1.807, 2.05) is 0 Å². The molecule has 8 nitrogen and oxygen atoms in total. The molecule has 0 bridgehead atoms. The molecule has 0 spiro atoms. The number of hydrogen-bond acceptors (Lipinski definition) is 5. The molecule has 0 fully saturated rings. The zero-order valence-electron chi connectivity index (χ0n) is 12.2. The normalized spacial score (nSPS) is 11.0. The Hall–Kier alpha value is -2.00. The Kier molecular flexibility index (Phi) is 5.79. The summed E-state index contributed by atoms with van der Waals surface area (Å²) in [5.41, 5.74) is 5.91. The van der Waals surface area contributed by atoms with Gasteiger partial charge in [-0.3, -0.25) is 0 Å². The Balaban J connectivity index is 2.62. The maximum atomic E-state index is 12.0. The Morgan fingerprint density at radius 2 is 2.00 bits per heavy atom. The average molecular weight is 316 g/mol. The Morgan fingerprint density at radius 1 is 1.33 bits per heavy atom. The molecule has 0 aliphatic heterocycles. The van der Waals surface area contributed by atoms with Crippen LogP contribution in [-0.4, -0.2) is 53.6 Å². The molecule has 0 aliphatic rings. The summed E-state index contributed by atoms with van der Waals surface area (Å²) in [6.45, 7) is 0.260. The van der Waals surface area contributed by atoms with Crippen LogP contribution in [-0.2, 0) is 10.0 Å². The number of amides is 2. The number of carbonyl (C=O) groups is 1. The van der Waals surface area contributed by atoms with Crippen LogP contribution >= 0.6 is 0 Å². The minimum Gasteiger partial charge on any atom is -0.495 e. The molecule has 0 atom stereocenters. The van der Waals surface area contributed by atoms with E-state index in [0.717, 1.165) is 0 Å². The monoisotopic (exact) mass is 316 g/mol. The van der Waals surface area contributed by atoms with E-state index in [1.54, 1.807) is 14.1 Å². The number of nitrogens with one attached hydrogen (secondary N) is 2. The van der Waals surface area contributed by atoms with Crippen LogP contribution in [0.1, 0.15) is 0 Å². The first-order valence-electron chi connectivity index (χ1n) is 6.16. The Labute approximate surface area is 124 Å². The lowest BCUT2D eigenvalue weighted by atomic mass is 10.3. The van der Waals surface area contributed by atoms with E-state index < -0.39 is 10.0 Å². The minimum absolute atomic E-state index is 0.0414. The molecule has 0 aromatic heterocycles. The smallest absolute Gasteiger partial charge is 0.316 e. The Bertz CT molecular complexity index is 601. The average Bonchev–Trinajstić information content (AvgIpc) is 2.43. The van der Waals surface area contributed by atoms with Crippen molar-refractivity contribution in [2.45, 2.75) is 4.90 Å². The van der Waals surface area contributed by atoms with Gasteiger partial charge in [-0.05, 0) is 18.2 Å². The maximum absolute atomic E-state index is 12.0. The van der Waals surface area contributed by atoms with Gasteiger partial charge >= 0.3 is 6.03 Å². The number of methoxy groups -OCH3 is 1. The molecular formula is C12H20N4O4S. The highest BCUT2D eigenvalue weighted by molar-refractivity contribution is 7.89. The number of nitrogen functional groups attached to an aromatic ring is 1. The highest BCUT2D eigenvalue weighted by Gasteiger charge is 2.15. The zero-order valence-corrected chi connectivity index (χ0v) is 13.0. The fraction of sp³-hybridized carbons (Fsp3) is 0.417. The quantitative estimate of drug-likeness (QED) is 0.498. The number of rotatable bonds is 6. The van der Waals surface area contributed by atoms with Crippen LogP contribution < -0.4 is 20.5 Å². The fourth-order valence-electron chi connectivity index (χ4n) is 1.48. The summed E-state index contributed by atoms with van der Waals surface area (Å²) in [6, 6.07) is 3.91. The van der Waals surface area contributed by atoms with Crippen molar-refractivity contribution >= 4 is 21.7 Å². The molecule has 118 valence electrons. The van der Waals surface area contributed by atoms with Gasteiger partial charge in [-0.25, -0.2) is 17.9 Å². The van der Waals surface area contributed by atoms with Crippen molar-refractivity contribution in [3.63, 3.8) is 0 Å². The summed E-state index contributed by atoms with van der Waals surface area (Å²) in [5, 5.41) is 2.55. The molecule has 0 radical (unpaired) electrons. The summed E-state index contributed by atoms with van der Waals surface area (Å²) < 4.78 is 31.4. The van der Waals surface area contributed by atoms with Crippen LogP contribution in [0.3, 0.4) is 0 Å². The molecule has 4 N–H and O–H groups in total. The number of sulfonamides is 1. The highest BCUT2D eigenvalue weighted by Crippen LogP contribution is 2.24. The van der Waals surface area contributed by atoms with Gasteiger partial charge in [-0.2, -0.15) is 0 Å². The summed E-state index contributed by atoms with van der Waals surface area (Å²) in [6.07, 6.45) is 0. The zero-order chi connectivity index (χ0) is 16.0. The molecule has 9 heteroatoms. The van der Waals surface area contributed by atoms with Gasteiger partial charge in [-0.1, -0.05) is 0 Å². The molecule has 1 aromatic rings. The van der Waals surface area contributed by atoms with E-state index in [-0.39, 0.29) is 29.7 Å². The first-order chi connectivity index (χ1) is 9.77. The predicted octanol–water partition coefficient (Wildman–Crippen LogP) is -0.173. The van der Waals surface area contributed by atoms with E-state index in [9.17, 15) is 13.2 Å². The number of anilines is 1. The van der Waals surface area contributed by atoms with Crippen molar-refractivity contribution in [1.29, 1.82) is 0 Å². The number of hydrogen-bond donors (Lipinski definition) is 3. The lowest BCUT2D eigenvalue weighted by Gasteiger charge is -2.13. The van der Waals surface area contributed by atoms with E-state index in [0.29, 0.717) is 5.75 Å². The molecule has 1 aromatic carbocycles. The maximum Gasteiger partial charge on any atom is 0.316 e. The minimum atomic E-state index is -3.68. The van der Waals surface area contributed by atoms with Gasteiger partial charge < -0.3 is 20.7 Å². The van der Waals surface area contributed by atoms with Crippen molar-refractivity contribution in [2.75, 3.05) is 40.0 Å². The lowest BCUT2D eigenvalue weighted by molar-refractivity contribution is 0.217. The van der Waals surface area contributed by atoms with E-state index in [4.69, 9.17) is 10.5 Å². The molecule has 0 aliphatic carbocycles. The third kappa shape index (κ3) is 4.80. The van der Waals surface area contributed by atoms with Gasteiger partial charge in [0, 0.05) is 27.2 Å². The van der Waals surface area contributed by atoms with Gasteiger partial charge in [0.1, 0.15) is 5.75 Å². The number of carbonyl (C=O) groups excluding carboxylic acids is 1. The van der Waals surface area contributed by atoms with Crippen molar-refractivity contribution < 1.29 is 17.9 Å². The second-order valence-corrected chi connectivity index (χ2v) is 6.19. The van der Waals surface area contributed by atoms with Gasteiger partial charge in [0.05, 0.1) is 17.7 Å². The second-order valence-electron chi connectivity index (χ2n) is 4.43. The van der Waals surface area contributed by atoms with Crippen molar-refractivity contribution in [1.82, 2.24) is 14.9 Å². The van der Waals surface area contributed by atoms with E-state index >= 15 is 0 Å². The lowest BCUT2D eigenvalue weighted by Crippen LogP contribution is -2.39. The summed E-state index contributed by atoms with van der Waals surface area (Å²) in [7, 11) is 0.967. The molecule has 1 rings (SSSR count). The van der Waals surface area contributed by atoms with Crippen molar-refractivity contribution in [3.8, 4) is 5.75 Å². The standard InChI is InChI=1S/C12H20N4O4S/c1-16(2)12(17)14-6-7-15-21(18,19)9-4-5-11(20-3)10(13)8-9/h4-5,8,15H,6-7,13H2,1-3H3,(H,14,17). The molecule has 2 amide bonds. The van der Waals surface area contributed by atoms with Crippen LogP contribution in [0.5, 0.6) is 5.75 Å². The number of benzene rings is 1. The Morgan fingerprint density at radius 3 is 2.52 bits per heavy atom.